The summed E-state index contributed by atoms with van der Waals surface area (Å²) in [6.45, 7) is 8.61. The molecule has 0 bridgehead atoms. The van der Waals surface area contributed by atoms with Crippen molar-refractivity contribution in [2.45, 2.75) is 65.9 Å². The molecule has 2 rings (SSSR count). The smallest absolute Gasteiger partial charge is 0.317 e. The third-order valence-corrected chi connectivity index (χ3v) is 5.47. The topological polar surface area (TPSA) is 43.4 Å². The van der Waals surface area contributed by atoms with E-state index in [0.29, 0.717) is 29.7 Å². The van der Waals surface area contributed by atoms with Gasteiger partial charge in [-0.25, -0.2) is 0 Å². The second kappa shape index (κ2) is 9.17. The molecule has 3 nitrogen and oxygen atoms in total. The van der Waals surface area contributed by atoms with Crippen LogP contribution in [-0.2, 0) is 9.53 Å². The number of ketones is 1. The first-order chi connectivity index (χ1) is 11.9. The van der Waals surface area contributed by atoms with Crippen LogP contribution in [0.4, 0.5) is 0 Å². The Kier molecular flexibility index (Phi) is 7.22. The number of esters is 1. The van der Waals surface area contributed by atoms with E-state index in [2.05, 4.69) is 20.8 Å². The largest absolute Gasteiger partial charge is 0.462 e. The van der Waals surface area contributed by atoms with Crippen molar-refractivity contribution in [2.75, 3.05) is 0 Å². The minimum absolute atomic E-state index is 0.0563. The van der Waals surface area contributed by atoms with E-state index in [0.717, 1.165) is 19.3 Å². The molecule has 4 atom stereocenters. The molecular weight excluding hydrogens is 312 g/mol. The average molecular weight is 344 g/mol. The summed E-state index contributed by atoms with van der Waals surface area (Å²) >= 11 is 0. The Morgan fingerprint density at radius 2 is 1.84 bits per heavy atom. The van der Waals surface area contributed by atoms with Crippen LogP contribution in [0.15, 0.2) is 30.3 Å². The molecule has 1 aliphatic rings. The Balaban J connectivity index is 2.12. The molecule has 0 heterocycles. The van der Waals surface area contributed by atoms with E-state index in [1.54, 1.807) is 12.1 Å². The van der Waals surface area contributed by atoms with Crippen molar-refractivity contribution < 1.29 is 14.3 Å². The van der Waals surface area contributed by atoms with Crippen molar-refractivity contribution in [3.05, 3.63) is 35.9 Å². The molecule has 0 unspecified atom stereocenters. The van der Waals surface area contributed by atoms with Gasteiger partial charge in [-0.05, 0) is 37.0 Å². The highest BCUT2D eigenvalue weighted by Gasteiger charge is 2.36. The third-order valence-electron chi connectivity index (χ3n) is 5.47. The van der Waals surface area contributed by atoms with Gasteiger partial charge in [-0.15, -0.1) is 0 Å². The molecule has 138 valence electrons. The van der Waals surface area contributed by atoms with E-state index in [1.165, 1.54) is 6.42 Å². The number of carbonyl (C=O) groups is 2. The molecule has 0 N–H and O–H groups in total. The van der Waals surface area contributed by atoms with Crippen molar-refractivity contribution in [1.29, 1.82) is 0 Å². The summed E-state index contributed by atoms with van der Waals surface area (Å²) in [5, 5.41) is 0. The van der Waals surface area contributed by atoms with Gasteiger partial charge < -0.3 is 4.74 Å². The van der Waals surface area contributed by atoms with Gasteiger partial charge in [0.05, 0.1) is 0 Å². The number of carbonyl (C=O) groups excluding carboxylic acids is 2. The summed E-state index contributed by atoms with van der Waals surface area (Å²) in [7, 11) is 0. The maximum absolute atomic E-state index is 12.8. The molecule has 0 aliphatic heterocycles. The van der Waals surface area contributed by atoms with Crippen LogP contribution in [0.25, 0.3) is 0 Å². The molecule has 25 heavy (non-hydrogen) atoms. The van der Waals surface area contributed by atoms with Gasteiger partial charge in [0, 0.05) is 5.56 Å². The lowest BCUT2D eigenvalue weighted by Crippen LogP contribution is -2.38. The lowest BCUT2D eigenvalue weighted by molar-refractivity contribution is -0.159. The predicted octanol–water partition coefficient (Wildman–Crippen LogP) is 5.29. The van der Waals surface area contributed by atoms with Gasteiger partial charge in [-0.1, -0.05) is 70.9 Å². The van der Waals surface area contributed by atoms with E-state index in [-0.39, 0.29) is 17.9 Å². The first kappa shape index (κ1) is 19.7. The molecule has 1 aliphatic carbocycles. The van der Waals surface area contributed by atoms with Gasteiger partial charge in [0.2, 0.25) is 0 Å². The fourth-order valence-electron chi connectivity index (χ4n) is 3.93. The first-order valence-electron chi connectivity index (χ1n) is 9.73. The van der Waals surface area contributed by atoms with Crippen molar-refractivity contribution in [3.8, 4) is 0 Å². The summed E-state index contributed by atoms with van der Waals surface area (Å²) in [6.07, 6.45) is 4.47. The van der Waals surface area contributed by atoms with E-state index in [1.807, 2.05) is 25.1 Å². The van der Waals surface area contributed by atoms with E-state index < -0.39 is 5.92 Å². The lowest BCUT2D eigenvalue weighted by Gasteiger charge is -2.37. The minimum atomic E-state index is -0.683. The second-order valence-electron chi connectivity index (χ2n) is 7.87. The zero-order chi connectivity index (χ0) is 18.4. The van der Waals surface area contributed by atoms with Crippen LogP contribution in [0.1, 0.15) is 70.2 Å². The summed E-state index contributed by atoms with van der Waals surface area (Å²) < 4.78 is 5.93. The van der Waals surface area contributed by atoms with Crippen LogP contribution in [0.2, 0.25) is 0 Å². The standard InChI is InChI=1S/C22H32O3/c1-5-9-19(21(23)17-10-7-6-8-11-17)22(24)25-20-14-16(4)12-13-18(20)15(2)3/h6-8,10-11,15-16,18-20H,5,9,12-14H2,1-4H3/t16-,18+,19+,20-/m1/s1. The molecule has 1 fully saturated rings. The Bertz CT molecular complexity index is 564. The van der Waals surface area contributed by atoms with Gasteiger partial charge in [0.1, 0.15) is 12.0 Å². The van der Waals surface area contributed by atoms with Crippen LogP contribution in [0.5, 0.6) is 0 Å². The lowest BCUT2D eigenvalue weighted by atomic mass is 9.75. The molecule has 0 radical (unpaired) electrons. The molecule has 3 heteroatoms. The molecule has 0 amide bonds. The normalized spacial score (nSPS) is 24.8. The van der Waals surface area contributed by atoms with Crippen LogP contribution in [0.3, 0.4) is 0 Å². The number of ether oxygens (including phenoxy) is 1. The number of hydrogen-bond acceptors (Lipinski definition) is 3. The number of benzene rings is 1. The summed E-state index contributed by atoms with van der Waals surface area (Å²) in [5.74, 6) is 0.326. The van der Waals surface area contributed by atoms with Crippen LogP contribution < -0.4 is 0 Å². The minimum Gasteiger partial charge on any atom is -0.462 e. The fraction of sp³-hybridized carbons (Fsp3) is 0.636. The number of rotatable bonds is 7. The molecule has 0 spiro atoms. The highest BCUT2D eigenvalue weighted by Crippen LogP contribution is 2.36. The van der Waals surface area contributed by atoms with Gasteiger partial charge >= 0.3 is 5.97 Å². The van der Waals surface area contributed by atoms with Crippen molar-refractivity contribution in [2.24, 2.45) is 23.7 Å². The summed E-state index contributed by atoms with van der Waals surface area (Å²) in [5.41, 5.74) is 0.593. The molecule has 0 aromatic heterocycles. The third kappa shape index (κ3) is 5.17. The highest BCUT2D eigenvalue weighted by molar-refractivity contribution is 6.08. The van der Waals surface area contributed by atoms with E-state index >= 15 is 0 Å². The summed E-state index contributed by atoms with van der Waals surface area (Å²) in [6, 6.07) is 9.09. The highest BCUT2D eigenvalue weighted by atomic mass is 16.5. The Morgan fingerprint density at radius 1 is 1.16 bits per heavy atom. The molecular formula is C22H32O3. The zero-order valence-corrected chi connectivity index (χ0v) is 16.0. The Morgan fingerprint density at radius 3 is 2.44 bits per heavy atom. The molecule has 0 saturated heterocycles. The van der Waals surface area contributed by atoms with Gasteiger partial charge in [0.25, 0.3) is 0 Å². The van der Waals surface area contributed by atoms with Gasteiger partial charge in [-0.3, -0.25) is 9.59 Å². The molecule has 1 aromatic rings. The van der Waals surface area contributed by atoms with E-state index in [9.17, 15) is 9.59 Å². The zero-order valence-electron chi connectivity index (χ0n) is 16.0. The van der Waals surface area contributed by atoms with Gasteiger partial charge in [-0.2, -0.15) is 0 Å². The van der Waals surface area contributed by atoms with Crippen molar-refractivity contribution >= 4 is 11.8 Å². The summed E-state index contributed by atoms with van der Waals surface area (Å²) in [4.78, 5) is 25.6. The number of Topliss-reactive ketones (excluding diaryl/α,β-unsaturated/α-hetero) is 1. The molecule has 1 saturated carbocycles. The van der Waals surface area contributed by atoms with Crippen molar-refractivity contribution in [3.63, 3.8) is 0 Å². The maximum Gasteiger partial charge on any atom is 0.317 e. The average Bonchev–Trinajstić information content (AvgIpc) is 2.59. The first-order valence-corrected chi connectivity index (χ1v) is 9.73. The molecule has 1 aromatic carbocycles. The fourth-order valence-corrected chi connectivity index (χ4v) is 3.93. The van der Waals surface area contributed by atoms with Crippen LogP contribution >= 0.6 is 0 Å². The van der Waals surface area contributed by atoms with Gasteiger partial charge in [0.15, 0.2) is 5.78 Å². The Hall–Kier alpha value is -1.64. The SMILES string of the molecule is CCC[C@H](C(=O)O[C@@H]1C[C@H](C)CC[C@H]1C(C)C)C(=O)c1ccccc1. The van der Waals surface area contributed by atoms with E-state index in [4.69, 9.17) is 4.74 Å². The van der Waals surface area contributed by atoms with Crippen LogP contribution in [-0.4, -0.2) is 17.9 Å². The quantitative estimate of drug-likeness (QED) is 0.383. The maximum atomic E-state index is 12.8. The second-order valence-corrected chi connectivity index (χ2v) is 7.87. The van der Waals surface area contributed by atoms with Crippen LogP contribution in [0, 0.1) is 23.7 Å². The van der Waals surface area contributed by atoms with Crippen molar-refractivity contribution in [1.82, 2.24) is 0 Å². The monoisotopic (exact) mass is 344 g/mol. The Labute approximate surface area is 152 Å². The number of hydrogen-bond donors (Lipinski definition) is 0. The predicted molar refractivity (Wildman–Crippen MR) is 100 cm³/mol.